The zero-order valence-electron chi connectivity index (χ0n) is 32.5. The minimum atomic E-state index is -1.08. The van der Waals surface area contributed by atoms with Crippen LogP contribution in [0.2, 0.25) is 0 Å². The van der Waals surface area contributed by atoms with Crippen LogP contribution in [-0.2, 0) is 30.3 Å². The number of alkyl carbamates (subject to hydrolysis) is 1. The molecule has 0 aromatic heterocycles. The van der Waals surface area contributed by atoms with E-state index in [9.17, 15) is 19.2 Å². The maximum atomic E-state index is 14.8. The lowest BCUT2D eigenvalue weighted by Crippen LogP contribution is -2.56. The summed E-state index contributed by atoms with van der Waals surface area (Å²) in [6.45, 7) is 20.9. The predicted molar refractivity (Wildman–Crippen MR) is 200 cm³/mol. The zero-order valence-corrected chi connectivity index (χ0v) is 32.5. The third-order valence-electron chi connectivity index (χ3n) is 8.51. The first-order chi connectivity index (χ1) is 23.4. The number of rotatable bonds is 17. The van der Waals surface area contributed by atoms with Gasteiger partial charge in [-0.1, -0.05) is 107 Å². The molecule has 9 heteroatoms. The quantitative estimate of drug-likeness (QED) is 0.128. The highest BCUT2D eigenvalue weighted by atomic mass is 16.6. The fraction of sp³-hybridized carbons (Fsp3) is 0.610. The molecular weight excluding hydrogens is 630 g/mol. The first-order valence-corrected chi connectivity index (χ1v) is 18.3. The van der Waals surface area contributed by atoms with Crippen LogP contribution in [0.15, 0.2) is 48.5 Å². The number of aryl methyl sites for hydroxylation is 2. The molecule has 0 radical (unpaired) electrons. The lowest BCUT2D eigenvalue weighted by atomic mass is 9.93. The van der Waals surface area contributed by atoms with E-state index in [4.69, 9.17) is 9.47 Å². The van der Waals surface area contributed by atoms with Gasteiger partial charge in [-0.3, -0.25) is 9.59 Å². The molecule has 0 heterocycles. The summed E-state index contributed by atoms with van der Waals surface area (Å²) in [5, 5.41) is 5.85. The summed E-state index contributed by atoms with van der Waals surface area (Å²) in [6.07, 6.45) is 4.80. The number of nitrogens with zero attached hydrogens (tertiary/aromatic N) is 1. The van der Waals surface area contributed by atoms with Crippen molar-refractivity contribution in [1.29, 1.82) is 0 Å². The number of amides is 3. The topological polar surface area (TPSA) is 114 Å². The number of benzene rings is 2. The predicted octanol–water partition coefficient (Wildman–Crippen LogP) is 8.15. The number of carbonyl (C=O) groups excluding carboxylic acids is 4. The normalized spacial score (nSPS) is 14.1. The van der Waals surface area contributed by atoms with Gasteiger partial charge in [-0.05, 0) is 84.4 Å². The van der Waals surface area contributed by atoms with Crippen LogP contribution in [0.3, 0.4) is 0 Å². The molecule has 0 fully saturated rings. The summed E-state index contributed by atoms with van der Waals surface area (Å²) >= 11 is 0. The minimum absolute atomic E-state index is 0.210. The van der Waals surface area contributed by atoms with Crippen molar-refractivity contribution in [3.05, 3.63) is 70.8 Å². The molecule has 4 atom stereocenters. The monoisotopic (exact) mass is 693 g/mol. The van der Waals surface area contributed by atoms with Gasteiger partial charge in [0, 0.05) is 13.0 Å². The van der Waals surface area contributed by atoms with Gasteiger partial charge in [0.25, 0.3) is 0 Å². The maximum Gasteiger partial charge on any atom is 0.408 e. The Hall–Kier alpha value is -3.88. The van der Waals surface area contributed by atoms with Crippen LogP contribution in [0.1, 0.15) is 129 Å². The molecule has 0 aliphatic carbocycles. The van der Waals surface area contributed by atoms with E-state index < -0.39 is 47.3 Å². The van der Waals surface area contributed by atoms with Gasteiger partial charge < -0.3 is 25.0 Å². The van der Waals surface area contributed by atoms with Crippen LogP contribution in [0.5, 0.6) is 0 Å². The smallest absolute Gasteiger partial charge is 0.408 e. The second kappa shape index (κ2) is 19.5. The van der Waals surface area contributed by atoms with Crippen molar-refractivity contribution >= 4 is 23.9 Å². The SMILES string of the molecule is CCCCCCCN(C(=O)C(NC(=O)OC(C)(C)C)C(C)CC)C(C(=O)NC(Cc1ccccc1)C(=O)OC(C)(C)C)c1ccc(C)cc1C. The highest BCUT2D eigenvalue weighted by molar-refractivity contribution is 5.94. The van der Waals surface area contributed by atoms with Gasteiger partial charge in [-0.15, -0.1) is 0 Å². The Morgan fingerprint density at radius 2 is 1.42 bits per heavy atom. The highest BCUT2D eigenvalue weighted by Crippen LogP contribution is 2.29. The van der Waals surface area contributed by atoms with Crippen molar-refractivity contribution in [2.45, 2.75) is 150 Å². The molecule has 0 saturated carbocycles. The van der Waals surface area contributed by atoms with Crippen molar-refractivity contribution in [1.82, 2.24) is 15.5 Å². The van der Waals surface area contributed by atoms with E-state index in [1.807, 2.05) is 76.2 Å². The Morgan fingerprint density at radius 3 is 1.98 bits per heavy atom. The zero-order chi connectivity index (χ0) is 37.6. The lowest BCUT2D eigenvalue weighted by Gasteiger charge is -2.37. The molecule has 2 aromatic carbocycles. The standard InChI is InChI=1S/C41H63N3O6/c1-12-14-15-16-20-25-44(37(46)34(29(4)13-2)43-39(48)50-41(9,10)11)35(32-24-23-28(3)26-30(32)5)36(45)42-33(38(47)49-40(6,7)8)27-31-21-18-17-19-22-31/h17-19,21-24,26,29,33-35H,12-16,20,25,27H2,1-11H3,(H,42,45)(H,43,48). The van der Waals surface area contributed by atoms with E-state index in [2.05, 4.69) is 17.6 Å². The third-order valence-corrected chi connectivity index (χ3v) is 8.51. The van der Waals surface area contributed by atoms with Crippen LogP contribution in [0, 0.1) is 19.8 Å². The van der Waals surface area contributed by atoms with Crippen LogP contribution < -0.4 is 10.6 Å². The Labute approximate surface area is 301 Å². The first kappa shape index (κ1) is 42.3. The van der Waals surface area contributed by atoms with Gasteiger partial charge in [0.05, 0.1) is 0 Å². The molecule has 2 N–H and O–H groups in total. The van der Waals surface area contributed by atoms with E-state index in [-0.39, 0.29) is 24.8 Å². The largest absolute Gasteiger partial charge is 0.458 e. The summed E-state index contributed by atoms with van der Waals surface area (Å²) in [7, 11) is 0. The molecule has 0 aliphatic heterocycles. The summed E-state index contributed by atoms with van der Waals surface area (Å²) in [6, 6.07) is 12.2. The number of hydrogen-bond acceptors (Lipinski definition) is 6. The highest BCUT2D eigenvalue weighted by Gasteiger charge is 2.40. The van der Waals surface area contributed by atoms with Crippen molar-refractivity contribution in [2.24, 2.45) is 5.92 Å². The lowest BCUT2D eigenvalue weighted by molar-refractivity contribution is -0.159. The van der Waals surface area contributed by atoms with E-state index >= 15 is 0 Å². The molecule has 3 amide bonds. The van der Waals surface area contributed by atoms with Gasteiger partial charge >= 0.3 is 12.1 Å². The van der Waals surface area contributed by atoms with E-state index in [0.29, 0.717) is 18.4 Å². The molecule has 2 rings (SSSR count). The van der Waals surface area contributed by atoms with E-state index in [1.165, 1.54) is 0 Å². The van der Waals surface area contributed by atoms with Crippen molar-refractivity contribution in [3.8, 4) is 0 Å². The number of unbranched alkanes of at least 4 members (excludes halogenated alkanes) is 4. The Kier molecular flexibility index (Phi) is 16.5. The Morgan fingerprint density at radius 1 is 0.800 bits per heavy atom. The molecule has 9 nitrogen and oxygen atoms in total. The molecule has 2 aromatic rings. The number of esters is 1. The van der Waals surface area contributed by atoms with Gasteiger partial charge in [0.2, 0.25) is 11.8 Å². The average Bonchev–Trinajstić information content (AvgIpc) is 3.01. The summed E-state index contributed by atoms with van der Waals surface area (Å²) in [4.78, 5) is 57.9. The van der Waals surface area contributed by atoms with Crippen LogP contribution in [0.25, 0.3) is 0 Å². The molecule has 278 valence electrons. The van der Waals surface area contributed by atoms with Crippen LogP contribution in [-0.4, -0.2) is 58.6 Å². The molecular formula is C41H63N3O6. The number of nitrogens with one attached hydrogen (secondary N) is 2. The van der Waals surface area contributed by atoms with Crippen LogP contribution in [0.4, 0.5) is 4.79 Å². The summed E-state index contributed by atoms with van der Waals surface area (Å²) in [5.74, 6) is -1.69. The minimum Gasteiger partial charge on any atom is -0.458 e. The van der Waals surface area contributed by atoms with Crippen LogP contribution >= 0.6 is 0 Å². The molecule has 0 bridgehead atoms. The van der Waals surface area contributed by atoms with Gasteiger partial charge in [0.15, 0.2) is 0 Å². The third kappa shape index (κ3) is 14.2. The van der Waals surface area contributed by atoms with E-state index in [1.54, 1.807) is 46.4 Å². The number of carbonyl (C=O) groups is 4. The molecule has 4 unspecified atom stereocenters. The van der Waals surface area contributed by atoms with Crippen molar-refractivity contribution < 1.29 is 28.7 Å². The average molecular weight is 694 g/mol. The molecule has 0 aliphatic rings. The number of hydrogen-bond donors (Lipinski definition) is 2. The van der Waals surface area contributed by atoms with Gasteiger partial charge in [-0.2, -0.15) is 0 Å². The second-order valence-corrected chi connectivity index (χ2v) is 15.5. The van der Waals surface area contributed by atoms with Gasteiger partial charge in [-0.25, -0.2) is 9.59 Å². The number of ether oxygens (including phenoxy) is 2. The fourth-order valence-electron chi connectivity index (χ4n) is 5.80. The van der Waals surface area contributed by atoms with Gasteiger partial charge in [0.1, 0.15) is 29.3 Å². The van der Waals surface area contributed by atoms with E-state index in [0.717, 1.165) is 42.4 Å². The summed E-state index contributed by atoms with van der Waals surface area (Å²) in [5.41, 5.74) is 1.82. The summed E-state index contributed by atoms with van der Waals surface area (Å²) < 4.78 is 11.3. The Balaban J connectivity index is 2.70. The molecule has 50 heavy (non-hydrogen) atoms. The first-order valence-electron chi connectivity index (χ1n) is 18.3. The molecule has 0 spiro atoms. The second-order valence-electron chi connectivity index (χ2n) is 15.5. The van der Waals surface area contributed by atoms with Crippen molar-refractivity contribution in [3.63, 3.8) is 0 Å². The maximum absolute atomic E-state index is 14.8. The molecule has 0 saturated heterocycles. The fourth-order valence-corrected chi connectivity index (χ4v) is 5.80. The van der Waals surface area contributed by atoms with Crippen molar-refractivity contribution in [2.75, 3.05) is 6.54 Å². The Bertz CT molecular complexity index is 1400.